The summed E-state index contributed by atoms with van der Waals surface area (Å²) in [5, 5.41) is 11.7. The number of hydrogen-bond donors (Lipinski definition) is 0. The fourth-order valence-corrected chi connectivity index (χ4v) is 1.45. The maximum atomic E-state index is 10.9. The van der Waals surface area contributed by atoms with E-state index >= 15 is 0 Å². The van der Waals surface area contributed by atoms with Crippen LogP contribution in [0.1, 0.15) is 5.56 Å². The Morgan fingerprint density at radius 3 is 2.79 bits per heavy atom. The molecule has 1 aliphatic rings. The first-order valence-electron chi connectivity index (χ1n) is 3.98. The molecule has 0 N–H and O–H groups in total. The Hall–Kier alpha value is -2.04. The molecule has 1 amide bonds. The van der Waals surface area contributed by atoms with Crippen molar-refractivity contribution in [2.75, 3.05) is 0 Å². The lowest BCUT2D eigenvalue weighted by atomic mass is 10.1. The zero-order valence-corrected chi connectivity index (χ0v) is 7.35. The molecule has 0 fully saturated rings. The van der Waals surface area contributed by atoms with Crippen LogP contribution in [0.5, 0.6) is 0 Å². The van der Waals surface area contributed by atoms with E-state index in [1.807, 2.05) is 0 Å². The molecule has 5 heteroatoms. The van der Waals surface area contributed by atoms with Crippen molar-refractivity contribution in [2.45, 2.75) is 6.92 Å². The molecule has 0 spiro atoms. The lowest BCUT2D eigenvalue weighted by Crippen LogP contribution is -2.25. The Bertz CT molecular complexity index is 560. The molecule has 0 radical (unpaired) electrons. The molecule has 1 aromatic carbocycles. The number of hydrogen-bond acceptors (Lipinski definition) is 3. The summed E-state index contributed by atoms with van der Waals surface area (Å²) in [7, 11) is 0. The van der Waals surface area contributed by atoms with Gasteiger partial charge in [0.05, 0.1) is 10.3 Å². The lowest BCUT2D eigenvalue weighted by Gasteiger charge is -1.94. The van der Waals surface area contributed by atoms with Crippen LogP contribution >= 0.6 is 0 Å². The minimum atomic E-state index is -0.466. The molecule has 0 unspecified atom stereocenters. The smallest absolute Gasteiger partial charge is 0.267 e. The molecule has 0 aliphatic carbocycles. The van der Waals surface area contributed by atoms with Crippen LogP contribution in [0.2, 0.25) is 0 Å². The van der Waals surface area contributed by atoms with Gasteiger partial charge in [-0.15, -0.1) is 0 Å². The third-order valence-corrected chi connectivity index (χ3v) is 2.16. The Morgan fingerprint density at radius 1 is 1.43 bits per heavy atom. The molecule has 0 aromatic heterocycles. The summed E-state index contributed by atoms with van der Waals surface area (Å²) >= 11 is 0. The number of benzene rings is 1. The third-order valence-electron chi connectivity index (χ3n) is 2.16. The van der Waals surface area contributed by atoms with E-state index in [1.54, 1.807) is 6.92 Å². The van der Waals surface area contributed by atoms with Crippen LogP contribution in [0.25, 0.3) is 6.08 Å². The van der Waals surface area contributed by atoms with Gasteiger partial charge in [-0.2, -0.15) is 0 Å². The Morgan fingerprint density at radius 2 is 2.14 bits per heavy atom. The number of nitro groups is 1. The van der Waals surface area contributed by atoms with Crippen LogP contribution in [-0.4, -0.2) is 10.8 Å². The number of rotatable bonds is 1. The average molecular weight is 190 g/mol. The Balaban J connectivity index is 2.85. The highest BCUT2D eigenvalue weighted by Gasteiger charge is 2.14. The summed E-state index contributed by atoms with van der Waals surface area (Å²) < 4.78 is 0. The second-order valence-corrected chi connectivity index (χ2v) is 2.99. The minimum Gasteiger partial charge on any atom is -0.267 e. The Kier molecular flexibility index (Phi) is 1.67. The van der Waals surface area contributed by atoms with Crippen molar-refractivity contribution >= 4 is 17.7 Å². The van der Waals surface area contributed by atoms with Crippen molar-refractivity contribution in [1.29, 1.82) is 0 Å². The van der Waals surface area contributed by atoms with E-state index in [-0.39, 0.29) is 11.6 Å². The second kappa shape index (κ2) is 2.73. The van der Waals surface area contributed by atoms with Crippen LogP contribution in [0.15, 0.2) is 17.1 Å². The van der Waals surface area contributed by atoms with Gasteiger partial charge in [0.1, 0.15) is 0 Å². The first-order valence-corrected chi connectivity index (χ1v) is 3.98. The zero-order chi connectivity index (χ0) is 10.3. The monoisotopic (exact) mass is 190 g/mol. The molecular weight excluding hydrogens is 184 g/mol. The molecule has 70 valence electrons. The summed E-state index contributed by atoms with van der Waals surface area (Å²) in [6, 6.07) is 2.85. The van der Waals surface area contributed by atoms with Crippen molar-refractivity contribution in [2.24, 2.45) is 4.99 Å². The van der Waals surface area contributed by atoms with Gasteiger partial charge in [-0.1, -0.05) is 0 Å². The van der Waals surface area contributed by atoms with Gasteiger partial charge in [0.15, 0.2) is 0 Å². The molecule has 0 saturated heterocycles. The molecular formula is C9H6N2O3. The van der Waals surface area contributed by atoms with Crippen LogP contribution in [0.4, 0.5) is 5.69 Å². The van der Waals surface area contributed by atoms with Crippen LogP contribution in [-0.2, 0) is 4.79 Å². The van der Waals surface area contributed by atoms with Crippen LogP contribution in [0, 0.1) is 17.0 Å². The van der Waals surface area contributed by atoms with Crippen molar-refractivity contribution in [3.05, 3.63) is 38.4 Å². The predicted octanol–water partition coefficient (Wildman–Crippen LogP) is -0.156. The second-order valence-electron chi connectivity index (χ2n) is 2.99. The molecule has 14 heavy (non-hydrogen) atoms. The van der Waals surface area contributed by atoms with Crippen molar-refractivity contribution in [3.8, 4) is 0 Å². The van der Waals surface area contributed by atoms with Crippen molar-refractivity contribution in [3.63, 3.8) is 0 Å². The fourth-order valence-electron chi connectivity index (χ4n) is 1.45. The predicted molar refractivity (Wildman–Crippen MR) is 48.1 cm³/mol. The van der Waals surface area contributed by atoms with E-state index in [4.69, 9.17) is 0 Å². The number of carbonyl (C=O) groups excluding carboxylic acids is 1. The van der Waals surface area contributed by atoms with Gasteiger partial charge in [0.25, 0.3) is 11.6 Å². The number of carbonyl (C=O) groups is 1. The van der Waals surface area contributed by atoms with Crippen molar-refractivity contribution < 1.29 is 9.72 Å². The van der Waals surface area contributed by atoms with Gasteiger partial charge in [-0.3, -0.25) is 14.9 Å². The van der Waals surface area contributed by atoms with Gasteiger partial charge in [0.2, 0.25) is 0 Å². The lowest BCUT2D eigenvalue weighted by molar-refractivity contribution is -0.385. The standard InChI is InChI=1S/C9H6N2O3/c1-5-6-4-9(12)10-7(6)2-3-8(5)11(13)14/h2-4H,1H3. The first kappa shape index (κ1) is 8.55. The minimum absolute atomic E-state index is 0.0184. The molecule has 1 heterocycles. The largest absolute Gasteiger partial charge is 0.273 e. The quantitative estimate of drug-likeness (QED) is 0.456. The van der Waals surface area contributed by atoms with Crippen LogP contribution in [0.3, 0.4) is 0 Å². The van der Waals surface area contributed by atoms with Gasteiger partial charge < -0.3 is 0 Å². The molecule has 1 aromatic rings. The topological polar surface area (TPSA) is 72.6 Å². The molecule has 0 saturated carbocycles. The SMILES string of the molecule is Cc1c([N+](=O)[O-])ccc2c1=CC(=O)N=2. The van der Waals surface area contributed by atoms with Gasteiger partial charge in [-0.05, 0) is 13.0 Å². The maximum Gasteiger partial charge on any atom is 0.273 e. The zero-order valence-electron chi connectivity index (χ0n) is 7.35. The van der Waals surface area contributed by atoms with E-state index in [2.05, 4.69) is 4.99 Å². The highest BCUT2D eigenvalue weighted by molar-refractivity contribution is 6.06. The van der Waals surface area contributed by atoms with Gasteiger partial charge >= 0.3 is 0 Å². The molecule has 1 aliphatic heterocycles. The number of nitro benzene ring substituents is 1. The molecule has 0 atom stereocenters. The van der Waals surface area contributed by atoms with E-state index in [0.717, 1.165) is 0 Å². The maximum absolute atomic E-state index is 10.9. The summed E-state index contributed by atoms with van der Waals surface area (Å²) in [5.74, 6) is -0.358. The van der Waals surface area contributed by atoms with E-state index in [0.29, 0.717) is 16.1 Å². The Labute approximate surface area is 78.5 Å². The molecule has 2 rings (SSSR count). The fraction of sp³-hybridized carbons (Fsp3) is 0.111. The summed E-state index contributed by atoms with van der Waals surface area (Å²) in [4.78, 5) is 24.8. The van der Waals surface area contributed by atoms with Crippen LogP contribution < -0.4 is 10.6 Å². The number of amides is 1. The summed E-state index contributed by atoms with van der Waals surface area (Å²) in [6.45, 7) is 1.61. The molecule has 0 bridgehead atoms. The summed E-state index contributed by atoms with van der Waals surface area (Å²) in [5.41, 5.74) is 0.506. The van der Waals surface area contributed by atoms with Gasteiger partial charge in [-0.25, -0.2) is 4.99 Å². The summed E-state index contributed by atoms with van der Waals surface area (Å²) in [6.07, 6.45) is 1.32. The van der Waals surface area contributed by atoms with E-state index in [1.165, 1.54) is 18.2 Å². The van der Waals surface area contributed by atoms with E-state index < -0.39 is 4.92 Å². The van der Waals surface area contributed by atoms with Gasteiger partial charge in [0, 0.05) is 22.9 Å². The third kappa shape index (κ3) is 1.10. The van der Waals surface area contributed by atoms with Crippen molar-refractivity contribution in [1.82, 2.24) is 0 Å². The normalized spacial score (nSPS) is 13.1. The van der Waals surface area contributed by atoms with E-state index in [9.17, 15) is 14.9 Å². The highest BCUT2D eigenvalue weighted by Crippen LogP contribution is 2.11. The number of fused-ring (bicyclic) bond motifs is 1. The highest BCUT2D eigenvalue weighted by atomic mass is 16.6. The molecule has 5 nitrogen and oxygen atoms in total. The number of nitrogens with zero attached hydrogens (tertiary/aromatic N) is 2. The first-order chi connectivity index (χ1) is 6.59. The average Bonchev–Trinajstić information content (AvgIpc) is 2.46.